The molecule has 1 atom stereocenters. The molecule has 7 heteroatoms. The molecule has 126 valence electrons. The number of carbonyl (C=O) groups is 2. The zero-order valence-corrected chi connectivity index (χ0v) is 13.9. The lowest BCUT2D eigenvalue weighted by atomic mass is 10.1. The molecule has 0 spiro atoms. The fourth-order valence-electron chi connectivity index (χ4n) is 2.63. The van der Waals surface area contributed by atoms with Crippen molar-refractivity contribution in [1.82, 2.24) is 15.6 Å². The van der Waals surface area contributed by atoms with Gasteiger partial charge in [0, 0.05) is 18.3 Å². The molecule has 2 heterocycles. The van der Waals surface area contributed by atoms with Gasteiger partial charge in [-0.1, -0.05) is 12.1 Å². The minimum Gasteiger partial charge on any atom is -0.354 e. The lowest BCUT2D eigenvalue weighted by Crippen LogP contribution is -2.45. The van der Waals surface area contributed by atoms with Crippen LogP contribution >= 0.6 is 11.3 Å². The molecule has 0 bridgehead atoms. The molecule has 2 N–H and O–H groups in total. The summed E-state index contributed by atoms with van der Waals surface area (Å²) in [7, 11) is 0. The molecule has 5 nitrogen and oxygen atoms in total. The van der Waals surface area contributed by atoms with Crippen LogP contribution in [0.2, 0.25) is 0 Å². The molecule has 1 aromatic heterocycles. The molecule has 1 unspecified atom stereocenters. The van der Waals surface area contributed by atoms with Crippen molar-refractivity contribution in [3.05, 3.63) is 51.7 Å². The number of halogens is 1. The second-order valence-electron chi connectivity index (χ2n) is 5.75. The van der Waals surface area contributed by atoms with Crippen molar-refractivity contribution in [2.45, 2.75) is 31.7 Å². The number of aromatic nitrogens is 1. The predicted octanol–water partition coefficient (Wildman–Crippen LogP) is 2.27. The van der Waals surface area contributed by atoms with Gasteiger partial charge in [-0.25, -0.2) is 9.37 Å². The molecule has 3 rings (SSSR count). The Balaban J connectivity index is 1.64. The predicted molar refractivity (Wildman–Crippen MR) is 89.4 cm³/mol. The smallest absolute Gasteiger partial charge is 0.271 e. The average Bonchev–Trinajstić information content (AvgIpc) is 2.92. The SMILES string of the molecule is O=C(NC1CCCCNC1=O)c1csc(Cc2cccc(F)c2)n1. The van der Waals surface area contributed by atoms with E-state index in [0.29, 0.717) is 25.1 Å². The third kappa shape index (κ3) is 4.17. The number of carbonyl (C=O) groups excluding carboxylic acids is 2. The van der Waals surface area contributed by atoms with Gasteiger partial charge >= 0.3 is 0 Å². The Bertz CT molecular complexity index is 747. The summed E-state index contributed by atoms with van der Waals surface area (Å²) in [5, 5.41) is 7.93. The van der Waals surface area contributed by atoms with Gasteiger partial charge < -0.3 is 10.6 Å². The number of nitrogens with zero attached hydrogens (tertiary/aromatic N) is 1. The average molecular weight is 347 g/mol. The number of benzene rings is 1. The highest BCUT2D eigenvalue weighted by atomic mass is 32.1. The van der Waals surface area contributed by atoms with Crippen molar-refractivity contribution in [2.75, 3.05) is 6.54 Å². The number of hydrogen-bond acceptors (Lipinski definition) is 4. The first-order chi connectivity index (χ1) is 11.6. The maximum absolute atomic E-state index is 13.2. The van der Waals surface area contributed by atoms with Gasteiger partial charge in [-0.3, -0.25) is 9.59 Å². The second-order valence-corrected chi connectivity index (χ2v) is 6.69. The highest BCUT2D eigenvalue weighted by Gasteiger charge is 2.23. The Labute approximate surface area is 143 Å². The summed E-state index contributed by atoms with van der Waals surface area (Å²) in [6, 6.07) is 5.81. The highest BCUT2D eigenvalue weighted by Crippen LogP contribution is 2.16. The first-order valence-electron chi connectivity index (χ1n) is 7.89. The standard InChI is InChI=1S/C17H18FN3O2S/c18-12-5-3-4-11(8-12)9-15-20-14(10-24-15)17(23)21-13-6-1-2-7-19-16(13)22/h3-5,8,10,13H,1-2,6-7,9H2,(H,19,22)(H,21,23). The van der Waals surface area contributed by atoms with Gasteiger partial charge in [-0.05, 0) is 37.0 Å². The van der Waals surface area contributed by atoms with E-state index in [2.05, 4.69) is 15.6 Å². The van der Waals surface area contributed by atoms with Gasteiger partial charge in [0.1, 0.15) is 17.6 Å². The van der Waals surface area contributed by atoms with Gasteiger partial charge in [0.15, 0.2) is 0 Å². The molecule has 1 aliphatic rings. The number of amides is 2. The van der Waals surface area contributed by atoms with E-state index in [9.17, 15) is 14.0 Å². The van der Waals surface area contributed by atoms with E-state index in [1.165, 1.54) is 23.5 Å². The zero-order valence-electron chi connectivity index (χ0n) is 13.0. The highest BCUT2D eigenvalue weighted by molar-refractivity contribution is 7.09. The number of hydrogen-bond donors (Lipinski definition) is 2. The van der Waals surface area contributed by atoms with E-state index < -0.39 is 6.04 Å². The third-order valence-corrected chi connectivity index (χ3v) is 4.72. The Morgan fingerprint density at radius 3 is 3.12 bits per heavy atom. The first kappa shape index (κ1) is 16.6. The van der Waals surface area contributed by atoms with E-state index in [1.54, 1.807) is 11.4 Å². The van der Waals surface area contributed by atoms with Crippen LogP contribution in [-0.4, -0.2) is 29.4 Å². The van der Waals surface area contributed by atoms with Crippen LogP contribution in [0.15, 0.2) is 29.6 Å². The zero-order chi connectivity index (χ0) is 16.9. The fraction of sp³-hybridized carbons (Fsp3) is 0.353. The lowest BCUT2D eigenvalue weighted by Gasteiger charge is -2.14. The van der Waals surface area contributed by atoms with E-state index in [4.69, 9.17) is 0 Å². The van der Waals surface area contributed by atoms with Crippen molar-refractivity contribution in [3.63, 3.8) is 0 Å². The Morgan fingerprint density at radius 2 is 2.29 bits per heavy atom. The van der Waals surface area contributed by atoms with Crippen LogP contribution in [0.25, 0.3) is 0 Å². The van der Waals surface area contributed by atoms with E-state index in [0.717, 1.165) is 23.4 Å². The Kier molecular flexibility index (Phi) is 5.20. The van der Waals surface area contributed by atoms with Crippen molar-refractivity contribution in [1.29, 1.82) is 0 Å². The largest absolute Gasteiger partial charge is 0.354 e. The maximum Gasteiger partial charge on any atom is 0.271 e. The van der Waals surface area contributed by atoms with E-state index >= 15 is 0 Å². The van der Waals surface area contributed by atoms with Crippen LogP contribution in [-0.2, 0) is 11.2 Å². The van der Waals surface area contributed by atoms with E-state index in [-0.39, 0.29) is 17.6 Å². The monoisotopic (exact) mass is 347 g/mol. The van der Waals surface area contributed by atoms with Crippen molar-refractivity contribution in [3.8, 4) is 0 Å². The van der Waals surface area contributed by atoms with Crippen LogP contribution in [0, 0.1) is 5.82 Å². The fourth-order valence-corrected chi connectivity index (χ4v) is 3.44. The molecule has 0 radical (unpaired) electrons. The molecule has 1 saturated heterocycles. The Hall–Kier alpha value is -2.28. The third-order valence-electron chi connectivity index (χ3n) is 3.87. The summed E-state index contributed by atoms with van der Waals surface area (Å²) in [4.78, 5) is 28.5. The van der Waals surface area contributed by atoms with Gasteiger partial charge in [0.05, 0.1) is 5.01 Å². The molecule has 24 heavy (non-hydrogen) atoms. The summed E-state index contributed by atoms with van der Waals surface area (Å²) in [5.41, 5.74) is 1.10. The summed E-state index contributed by atoms with van der Waals surface area (Å²) in [6.07, 6.45) is 2.93. The first-order valence-corrected chi connectivity index (χ1v) is 8.77. The van der Waals surface area contributed by atoms with Crippen molar-refractivity contribution >= 4 is 23.2 Å². The number of rotatable bonds is 4. The van der Waals surface area contributed by atoms with Crippen LogP contribution in [0.3, 0.4) is 0 Å². The molecular formula is C17H18FN3O2S. The van der Waals surface area contributed by atoms with Crippen molar-refractivity contribution in [2.24, 2.45) is 0 Å². The molecule has 0 aliphatic carbocycles. The van der Waals surface area contributed by atoms with Crippen LogP contribution in [0.5, 0.6) is 0 Å². The van der Waals surface area contributed by atoms with Gasteiger partial charge in [0.25, 0.3) is 5.91 Å². The minimum atomic E-state index is -0.506. The molecular weight excluding hydrogens is 329 g/mol. The van der Waals surface area contributed by atoms with E-state index in [1.807, 2.05) is 6.07 Å². The maximum atomic E-state index is 13.2. The van der Waals surface area contributed by atoms with Crippen LogP contribution in [0.4, 0.5) is 4.39 Å². The van der Waals surface area contributed by atoms with Crippen molar-refractivity contribution < 1.29 is 14.0 Å². The van der Waals surface area contributed by atoms with Gasteiger partial charge in [-0.2, -0.15) is 0 Å². The van der Waals surface area contributed by atoms with Crippen LogP contribution in [0.1, 0.15) is 40.3 Å². The van der Waals surface area contributed by atoms with Crippen LogP contribution < -0.4 is 10.6 Å². The molecule has 1 aromatic carbocycles. The molecule has 1 fully saturated rings. The Morgan fingerprint density at radius 1 is 1.42 bits per heavy atom. The molecule has 0 saturated carbocycles. The number of nitrogens with one attached hydrogen (secondary N) is 2. The minimum absolute atomic E-state index is 0.143. The molecule has 2 amide bonds. The topological polar surface area (TPSA) is 71.1 Å². The second kappa shape index (κ2) is 7.53. The summed E-state index contributed by atoms with van der Waals surface area (Å²) in [6.45, 7) is 0.652. The quantitative estimate of drug-likeness (QED) is 0.891. The lowest BCUT2D eigenvalue weighted by molar-refractivity contribution is -0.122. The number of thiazole rings is 1. The summed E-state index contributed by atoms with van der Waals surface area (Å²) in [5.74, 6) is -0.781. The van der Waals surface area contributed by atoms with Gasteiger partial charge in [-0.15, -0.1) is 11.3 Å². The summed E-state index contributed by atoms with van der Waals surface area (Å²) >= 11 is 1.35. The van der Waals surface area contributed by atoms with Gasteiger partial charge in [0.2, 0.25) is 5.91 Å². The molecule has 2 aromatic rings. The molecule has 1 aliphatic heterocycles. The summed E-state index contributed by atoms with van der Waals surface area (Å²) < 4.78 is 13.2. The normalized spacial score (nSPS) is 17.9.